The predicted molar refractivity (Wildman–Crippen MR) is 71.3 cm³/mol. The van der Waals surface area contributed by atoms with E-state index < -0.39 is 0 Å². The molecular weight excluding hydrogens is 256 g/mol. The second-order valence-corrected chi connectivity index (χ2v) is 3.90. The van der Waals surface area contributed by atoms with Crippen molar-refractivity contribution in [1.82, 2.24) is 24.5 Å². The third-order valence-electron chi connectivity index (χ3n) is 2.53. The molecule has 0 aromatic carbocycles. The van der Waals surface area contributed by atoms with Crippen LogP contribution in [0.1, 0.15) is 10.6 Å². The fraction of sp³-hybridized carbons (Fsp3) is 0. The lowest BCUT2D eigenvalue weighted by atomic mass is 10.4. The molecular formula is C13H10N6O. The van der Waals surface area contributed by atoms with Crippen molar-refractivity contribution in [2.24, 2.45) is 0 Å². The molecule has 0 spiro atoms. The van der Waals surface area contributed by atoms with Crippen LogP contribution in [-0.2, 0) is 0 Å². The van der Waals surface area contributed by atoms with Gasteiger partial charge in [-0.3, -0.25) is 14.3 Å². The predicted octanol–water partition coefficient (Wildman–Crippen LogP) is 1.31. The van der Waals surface area contributed by atoms with E-state index >= 15 is 0 Å². The Morgan fingerprint density at radius 3 is 2.85 bits per heavy atom. The summed E-state index contributed by atoms with van der Waals surface area (Å²) >= 11 is 0. The first-order chi connectivity index (χ1) is 9.83. The van der Waals surface area contributed by atoms with E-state index in [1.165, 1.54) is 6.20 Å². The maximum atomic E-state index is 12.0. The lowest BCUT2D eigenvalue weighted by molar-refractivity contribution is 0.101. The molecule has 0 radical (unpaired) electrons. The van der Waals surface area contributed by atoms with Crippen LogP contribution in [0.2, 0.25) is 0 Å². The van der Waals surface area contributed by atoms with Crippen LogP contribution in [0.4, 0.5) is 5.69 Å². The number of imidazole rings is 1. The van der Waals surface area contributed by atoms with Crippen molar-refractivity contribution >= 4 is 11.6 Å². The number of amides is 1. The minimum absolute atomic E-state index is 0.0834. The van der Waals surface area contributed by atoms with Crippen molar-refractivity contribution in [2.45, 2.75) is 0 Å². The molecule has 3 heterocycles. The summed E-state index contributed by atoms with van der Waals surface area (Å²) in [4.78, 5) is 28.1. The number of nitrogens with one attached hydrogen (secondary N) is 1. The summed E-state index contributed by atoms with van der Waals surface area (Å²) in [6, 6.07) is 5.17. The molecule has 1 N–H and O–H groups in total. The molecule has 1 amide bonds. The van der Waals surface area contributed by atoms with Crippen molar-refractivity contribution in [3.8, 4) is 5.82 Å². The van der Waals surface area contributed by atoms with Crippen LogP contribution in [0, 0.1) is 0 Å². The van der Waals surface area contributed by atoms with Crippen LogP contribution in [0.25, 0.3) is 5.82 Å². The highest BCUT2D eigenvalue weighted by Gasteiger charge is 2.10. The highest BCUT2D eigenvalue weighted by molar-refractivity contribution is 6.01. The fourth-order valence-corrected chi connectivity index (χ4v) is 1.62. The summed E-state index contributed by atoms with van der Waals surface area (Å²) in [6.07, 6.45) is 9.69. The monoisotopic (exact) mass is 266 g/mol. The van der Waals surface area contributed by atoms with Gasteiger partial charge in [-0.05, 0) is 18.2 Å². The van der Waals surface area contributed by atoms with Gasteiger partial charge in [-0.25, -0.2) is 15.0 Å². The summed E-state index contributed by atoms with van der Waals surface area (Å²) in [6.45, 7) is 0. The number of nitrogens with zero attached hydrogens (tertiary/aromatic N) is 5. The van der Waals surface area contributed by atoms with Crippen molar-refractivity contribution in [2.75, 3.05) is 5.32 Å². The molecule has 0 aliphatic rings. The van der Waals surface area contributed by atoms with Gasteiger partial charge in [-0.15, -0.1) is 0 Å². The second kappa shape index (κ2) is 5.27. The Balaban J connectivity index is 1.84. The van der Waals surface area contributed by atoms with Gasteiger partial charge in [0.2, 0.25) is 5.82 Å². The number of hydrogen-bond donors (Lipinski definition) is 1. The van der Waals surface area contributed by atoms with Crippen LogP contribution in [0.5, 0.6) is 0 Å². The smallest absolute Gasteiger partial charge is 0.293 e. The normalized spacial score (nSPS) is 10.2. The SMILES string of the molecule is O=C(Nc1cccnc1)c1nccc(-n2ccnc2)n1. The molecule has 3 aromatic heterocycles. The molecule has 0 unspecified atom stereocenters. The molecule has 7 nitrogen and oxygen atoms in total. The zero-order chi connectivity index (χ0) is 13.8. The quantitative estimate of drug-likeness (QED) is 0.772. The maximum absolute atomic E-state index is 12.0. The van der Waals surface area contributed by atoms with Crippen LogP contribution in [0.15, 0.2) is 55.5 Å². The maximum Gasteiger partial charge on any atom is 0.293 e. The Kier molecular flexibility index (Phi) is 3.15. The van der Waals surface area contributed by atoms with Crippen LogP contribution in [0.3, 0.4) is 0 Å². The molecule has 0 atom stereocenters. The zero-order valence-corrected chi connectivity index (χ0v) is 10.3. The van der Waals surface area contributed by atoms with Crippen LogP contribution >= 0.6 is 0 Å². The number of carbonyl (C=O) groups excluding carboxylic acids is 1. The topological polar surface area (TPSA) is 85.6 Å². The van der Waals surface area contributed by atoms with Gasteiger partial charge in [0.25, 0.3) is 5.91 Å². The standard InChI is InChI=1S/C13H10N6O/c20-13(17-10-2-1-4-14-8-10)12-16-5-3-11(18-12)19-7-6-15-9-19/h1-9H,(H,17,20). The molecule has 0 aliphatic carbocycles. The summed E-state index contributed by atoms with van der Waals surface area (Å²) in [5, 5.41) is 2.68. The Morgan fingerprint density at radius 1 is 1.15 bits per heavy atom. The largest absolute Gasteiger partial charge is 0.318 e. The average Bonchev–Trinajstić information content (AvgIpc) is 3.03. The lowest BCUT2D eigenvalue weighted by Gasteiger charge is -2.05. The molecule has 98 valence electrons. The minimum Gasteiger partial charge on any atom is -0.318 e. The van der Waals surface area contributed by atoms with E-state index in [1.54, 1.807) is 53.9 Å². The molecule has 0 saturated heterocycles. The van der Waals surface area contributed by atoms with E-state index in [-0.39, 0.29) is 11.7 Å². The van der Waals surface area contributed by atoms with E-state index in [2.05, 4.69) is 25.3 Å². The van der Waals surface area contributed by atoms with Gasteiger partial charge in [0.15, 0.2) is 0 Å². The number of pyridine rings is 1. The highest BCUT2D eigenvalue weighted by Crippen LogP contribution is 2.06. The molecule has 7 heteroatoms. The third kappa shape index (κ3) is 2.51. The molecule has 20 heavy (non-hydrogen) atoms. The van der Waals surface area contributed by atoms with Gasteiger partial charge in [0.05, 0.1) is 11.9 Å². The highest BCUT2D eigenvalue weighted by atomic mass is 16.2. The first kappa shape index (κ1) is 12.0. The van der Waals surface area contributed by atoms with Gasteiger partial charge in [-0.2, -0.15) is 0 Å². The van der Waals surface area contributed by atoms with Gasteiger partial charge < -0.3 is 5.32 Å². The molecule has 0 bridgehead atoms. The molecule has 3 aromatic rings. The van der Waals surface area contributed by atoms with Crippen LogP contribution < -0.4 is 5.32 Å². The second-order valence-electron chi connectivity index (χ2n) is 3.90. The summed E-state index contributed by atoms with van der Waals surface area (Å²) in [5.41, 5.74) is 0.592. The number of rotatable bonds is 3. The number of hydrogen-bond acceptors (Lipinski definition) is 5. The molecule has 3 rings (SSSR count). The number of carbonyl (C=O) groups is 1. The Hall–Kier alpha value is -3.09. The minimum atomic E-state index is -0.389. The Bertz CT molecular complexity index is 711. The number of anilines is 1. The Morgan fingerprint density at radius 2 is 2.10 bits per heavy atom. The van der Waals surface area contributed by atoms with E-state index in [1.807, 2.05) is 0 Å². The number of aromatic nitrogens is 5. The average molecular weight is 266 g/mol. The van der Waals surface area contributed by atoms with Crippen molar-refractivity contribution < 1.29 is 4.79 Å². The first-order valence-electron chi connectivity index (χ1n) is 5.86. The van der Waals surface area contributed by atoms with E-state index in [0.29, 0.717) is 11.5 Å². The molecule has 0 aliphatic heterocycles. The van der Waals surface area contributed by atoms with Gasteiger partial charge >= 0.3 is 0 Å². The van der Waals surface area contributed by atoms with Crippen LogP contribution in [-0.4, -0.2) is 30.4 Å². The van der Waals surface area contributed by atoms with Crippen molar-refractivity contribution in [3.63, 3.8) is 0 Å². The summed E-state index contributed by atoms with van der Waals surface area (Å²) < 4.78 is 1.70. The van der Waals surface area contributed by atoms with Crippen molar-refractivity contribution in [1.29, 1.82) is 0 Å². The van der Waals surface area contributed by atoms with E-state index in [0.717, 1.165) is 0 Å². The third-order valence-corrected chi connectivity index (χ3v) is 2.53. The lowest BCUT2D eigenvalue weighted by Crippen LogP contribution is -2.16. The molecule has 0 saturated carbocycles. The van der Waals surface area contributed by atoms with Gasteiger partial charge in [0.1, 0.15) is 12.1 Å². The van der Waals surface area contributed by atoms with E-state index in [4.69, 9.17) is 0 Å². The fourth-order valence-electron chi connectivity index (χ4n) is 1.62. The van der Waals surface area contributed by atoms with Gasteiger partial charge in [0, 0.05) is 24.8 Å². The summed E-state index contributed by atoms with van der Waals surface area (Å²) in [7, 11) is 0. The first-order valence-corrected chi connectivity index (χ1v) is 5.86. The van der Waals surface area contributed by atoms with E-state index in [9.17, 15) is 4.79 Å². The van der Waals surface area contributed by atoms with Crippen molar-refractivity contribution in [3.05, 3.63) is 61.3 Å². The Labute approximate surface area is 114 Å². The zero-order valence-electron chi connectivity index (χ0n) is 10.3. The van der Waals surface area contributed by atoms with Gasteiger partial charge in [-0.1, -0.05) is 0 Å². The summed E-state index contributed by atoms with van der Waals surface area (Å²) in [5.74, 6) is 0.272. The molecule has 0 fully saturated rings.